The first-order chi connectivity index (χ1) is 10.1. The van der Waals surface area contributed by atoms with Crippen LogP contribution in [-0.2, 0) is 9.53 Å². The maximum atomic E-state index is 12.5. The summed E-state index contributed by atoms with van der Waals surface area (Å²) >= 11 is 0. The normalized spacial score (nSPS) is 22.1. The van der Waals surface area contributed by atoms with Crippen molar-refractivity contribution in [1.29, 1.82) is 0 Å². The van der Waals surface area contributed by atoms with Crippen LogP contribution in [0.25, 0.3) is 0 Å². The van der Waals surface area contributed by atoms with Crippen LogP contribution >= 0.6 is 0 Å². The zero-order valence-corrected chi connectivity index (χ0v) is 13.5. The molecule has 1 heterocycles. The fourth-order valence-electron chi connectivity index (χ4n) is 2.98. The number of hydrogen-bond acceptors (Lipinski definition) is 3. The van der Waals surface area contributed by atoms with Gasteiger partial charge in [0.05, 0.1) is 6.04 Å². The molecule has 1 aromatic rings. The van der Waals surface area contributed by atoms with Gasteiger partial charge in [-0.25, -0.2) is 0 Å². The van der Waals surface area contributed by atoms with Crippen LogP contribution < -0.4 is 5.32 Å². The second-order valence-electron chi connectivity index (χ2n) is 5.77. The lowest BCUT2D eigenvalue weighted by atomic mass is 10.0. The van der Waals surface area contributed by atoms with Gasteiger partial charge in [-0.05, 0) is 37.8 Å². The summed E-state index contributed by atoms with van der Waals surface area (Å²) in [4.78, 5) is 14.5. The summed E-state index contributed by atoms with van der Waals surface area (Å²) in [5.74, 6) is 0.207. The third kappa shape index (κ3) is 3.44. The number of amides is 1. The predicted molar refractivity (Wildman–Crippen MR) is 84.1 cm³/mol. The summed E-state index contributed by atoms with van der Waals surface area (Å²) in [6.07, 6.45) is 1.67. The molecule has 0 aromatic heterocycles. The minimum Gasteiger partial charge on any atom is -0.385 e. The Kier molecular flexibility index (Phi) is 5.37. The highest BCUT2D eigenvalue weighted by Crippen LogP contribution is 2.29. The molecular weight excluding hydrogens is 264 g/mol. The van der Waals surface area contributed by atoms with Gasteiger partial charge in [0.25, 0.3) is 0 Å². The van der Waals surface area contributed by atoms with Gasteiger partial charge >= 0.3 is 0 Å². The number of hydrogen-bond donors (Lipinski definition) is 1. The molecule has 4 nitrogen and oxygen atoms in total. The molecule has 1 fully saturated rings. The summed E-state index contributed by atoms with van der Waals surface area (Å²) in [5, 5.41) is 3.48. The SMILES string of the molecule is CCC1NC(c2ccc(C)cc2C)N(CCCOC)C1=O. The largest absolute Gasteiger partial charge is 0.385 e. The van der Waals surface area contributed by atoms with Gasteiger partial charge in [0.15, 0.2) is 0 Å². The molecule has 2 rings (SSSR count). The average Bonchev–Trinajstić information content (AvgIpc) is 2.76. The summed E-state index contributed by atoms with van der Waals surface area (Å²) in [7, 11) is 1.69. The molecule has 1 aliphatic rings. The van der Waals surface area contributed by atoms with E-state index < -0.39 is 0 Å². The van der Waals surface area contributed by atoms with Crippen molar-refractivity contribution in [2.45, 2.75) is 45.8 Å². The van der Waals surface area contributed by atoms with Crippen molar-refractivity contribution in [2.24, 2.45) is 0 Å². The molecule has 1 aliphatic heterocycles. The Labute approximate surface area is 127 Å². The number of nitrogens with one attached hydrogen (secondary N) is 1. The van der Waals surface area contributed by atoms with E-state index in [0.717, 1.165) is 19.4 Å². The van der Waals surface area contributed by atoms with Crippen molar-refractivity contribution in [3.8, 4) is 0 Å². The predicted octanol–water partition coefficient (Wildman–Crippen LogP) is 2.55. The van der Waals surface area contributed by atoms with Crippen molar-refractivity contribution in [1.82, 2.24) is 10.2 Å². The molecule has 1 amide bonds. The first-order valence-corrected chi connectivity index (χ1v) is 7.71. The standard InChI is InChI=1S/C17H26N2O2/c1-5-15-17(20)19(9-6-10-21-4)16(18-15)14-8-7-12(2)11-13(14)3/h7-8,11,15-16,18H,5-6,9-10H2,1-4H3. The van der Waals surface area contributed by atoms with Gasteiger partial charge < -0.3 is 9.64 Å². The van der Waals surface area contributed by atoms with Crippen LogP contribution in [0, 0.1) is 13.8 Å². The van der Waals surface area contributed by atoms with Crippen LogP contribution in [0.3, 0.4) is 0 Å². The number of ether oxygens (including phenoxy) is 1. The lowest BCUT2D eigenvalue weighted by Crippen LogP contribution is -2.32. The van der Waals surface area contributed by atoms with Gasteiger partial charge in [-0.3, -0.25) is 10.1 Å². The lowest BCUT2D eigenvalue weighted by Gasteiger charge is -2.26. The van der Waals surface area contributed by atoms with E-state index in [4.69, 9.17) is 4.74 Å². The van der Waals surface area contributed by atoms with Crippen molar-refractivity contribution in [3.05, 3.63) is 34.9 Å². The van der Waals surface area contributed by atoms with Gasteiger partial charge in [-0.2, -0.15) is 0 Å². The summed E-state index contributed by atoms with van der Waals surface area (Å²) in [5.41, 5.74) is 3.68. The summed E-state index contributed by atoms with van der Waals surface area (Å²) in [6, 6.07) is 6.35. The van der Waals surface area contributed by atoms with E-state index in [-0.39, 0.29) is 18.1 Å². The second kappa shape index (κ2) is 7.05. The fraction of sp³-hybridized carbons (Fsp3) is 0.588. The molecule has 21 heavy (non-hydrogen) atoms. The Balaban J connectivity index is 2.23. The molecule has 2 atom stereocenters. The molecule has 0 saturated carbocycles. The van der Waals surface area contributed by atoms with Crippen molar-refractivity contribution in [2.75, 3.05) is 20.3 Å². The van der Waals surface area contributed by atoms with Crippen LogP contribution in [0.15, 0.2) is 18.2 Å². The Bertz CT molecular complexity index is 502. The van der Waals surface area contributed by atoms with Crippen LogP contribution in [0.5, 0.6) is 0 Å². The fourth-order valence-corrected chi connectivity index (χ4v) is 2.98. The Hall–Kier alpha value is -1.39. The molecule has 1 aromatic carbocycles. The smallest absolute Gasteiger partial charge is 0.241 e. The number of aryl methyl sites for hydroxylation is 2. The monoisotopic (exact) mass is 290 g/mol. The molecule has 0 spiro atoms. The van der Waals surface area contributed by atoms with E-state index >= 15 is 0 Å². The van der Waals surface area contributed by atoms with Gasteiger partial charge in [0.2, 0.25) is 5.91 Å². The van der Waals surface area contributed by atoms with Crippen LogP contribution in [0.1, 0.15) is 42.6 Å². The van der Waals surface area contributed by atoms with Crippen molar-refractivity contribution >= 4 is 5.91 Å². The number of rotatable bonds is 6. The maximum Gasteiger partial charge on any atom is 0.241 e. The van der Waals surface area contributed by atoms with Gasteiger partial charge in [-0.15, -0.1) is 0 Å². The number of carbonyl (C=O) groups excluding carboxylic acids is 1. The van der Waals surface area contributed by atoms with E-state index in [0.29, 0.717) is 6.61 Å². The molecule has 0 bridgehead atoms. The number of carbonyl (C=O) groups is 1. The van der Waals surface area contributed by atoms with E-state index in [1.807, 2.05) is 11.8 Å². The third-order valence-electron chi connectivity index (χ3n) is 4.13. The maximum absolute atomic E-state index is 12.5. The zero-order chi connectivity index (χ0) is 15.4. The van der Waals surface area contributed by atoms with Crippen molar-refractivity contribution in [3.63, 3.8) is 0 Å². The molecule has 1 N–H and O–H groups in total. The van der Waals surface area contributed by atoms with Gasteiger partial charge in [0, 0.05) is 20.3 Å². The number of benzene rings is 1. The summed E-state index contributed by atoms with van der Waals surface area (Å²) in [6.45, 7) is 7.66. The molecule has 0 radical (unpaired) electrons. The first kappa shape index (κ1) is 16.0. The molecule has 116 valence electrons. The first-order valence-electron chi connectivity index (χ1n) is 7.71. The Morgan fingerprint density at radius 3 is 2.71 bits per heavy atom. The molecule has 1 saturated heterocycles. The molecular formula is C17H26N2O2. The highest BCUT2D eigenvalue weighted by molar-refractivity contribution is 5.84. The van der Waals surface area contributed by atoms with Gasteiger partial charge in [-0.1, -0.05) is 30.7 Å². The highest BCUT2D eigenvalue weighted by Gasteiger charge is 2.38. The van der Waals surface area contributed by atoms with E-state index in [1.54, 1.807) is 7.11 Å². The van der Waals surface area contributed by atoms with Crippen molar-refractivity contribution < 1.29 is 9.53 Å². The van der Waals surface area contributed by atoms with Crippen LogP contribution in [-0.4, -0.2) is 37.1 Å². The minimum atomic E-state index is -0.0711. The van der Waals surface area contributed by atoms with Crippen LogP contribution in [0.2, 0.25) is 0 Å². The van der Waals surface area contributed by atoms with Gasteiger partial charge in [0.1, 0.15) is 6.17 Å². The Morgan fingerprint density at radius 2 is 2.10 bits per heavy atom. The zero-order valence-electron chi connectivity index (χ0n) is 13.5. The molecule has 2 unspecified atom stereocenters. The minimum absolute atomic E-state index is 0.0140. The average molecular weight is 290 g/mol. The van der Waals surface area contributed by atoms with E-state index in [2.05, 4.69) is 37.4 Å². The van der Waals surface area contributed by atoms with E-state index in [9.17, 15) is 4.79 Å². The van der Waals surface area contributed by atoms with E-state index in [1.165, 1.54) is 16.7 Å². The van der Waals surface area contributed by atoms with Crippen LogP contribution in [0.4, 0.5) is 0 Å². The quantitative estimate of drug-likeness (QED) is 0.819. The summed E-state index contributed by atoms with van der Waals surface area (Å²) < 4.78 is 5.11. The number of methoxy groups -OCH3 is 1. The Morgan fingerprint density at radius 1 is 1.33 bits per heavy atom. The number of nitrogens with zero attached hydrogens (tertiary/aromatic N) is 1. The second-order valence-corrected chi connectivity index (χ2v) is 5.77. The topological polar surface area (TPSA) is 41.6 Å². The lowest BCUT2D eigenvalue weighted by molar-refractivity contribution is -0.130. The molecule has 4 heteroatoms. The molecule has 0 aliphatic carbocycles. The highest BCUT2D eigenvalue weighted by atomic mass is 16.5. The third-order valence-corrected chi connectivity index (χ3v) is 4.13.